The molecule has 14 nitrogen and oxygen atoms in total. The number of hydrogen-bond donors (Lipinski definition) is 4. The van der Waals surface area contributed by atoms with Crippen molar-refractivity contribution in [3.63, 3.8) is 0 Å². The van der Waals surface area contributed by atoms with Crippen LogP contribution in [-0.4, -0.2) is 97.5 Å². The molecule has 2 fully saturated rings. The Kier molecular flexibility index (Phi) is 10.4. The zero-order chi connectivity index (χ0) is 37.8. The third-order valence-electron chi connectivity index (χ3n) is 10.2. The minimum Gasteiger partial charge on any atom is -0.465 e. The molecule has 3 aromatic carbocycles. The van der Waals surface area contributed by atoms with Gasteiger partial charge in [-0.1, -0.05) is 78.9 Å². The van der Waals surface area contributed by atoms with Crippen LogP contribution in [-0.2, 0) is 14.3 Å². The Balaban J connectivity index is 1.01. The molecule has 0 saturated carbocycles. The van der Waals surface area contributed by atoms with Crippen molar-refractivity contribution >= 4 is 24.0 Å². The summed E-state index contributed by atoms with van der Waals surface area (Å²) in [6.07, 6.45) is 4.89. The minimum absolute atomic E-state index is 0.193. The fourth-order valence-electron chi connectivity index (χ4n) is 7.29. The summed E-state index contributed by atoms with van der Waals surface area (Å²) in [5, 5.41) is 11.9. The number of carbonyl (C=O) groups is 4. The first-order chi connectivity index (χ1) is 26.2. The summed E-state index contributed by atoms with van der Waals surface area (Å²) in [5.74, 6) is 0.931. The molecule has 7 rings (SSSR count). The van der Waals surface area contributed by atoms with E-state index < -0.39 is 18.2 Å². The van der Waals surface area contributed by atoms with Crippen LogP contribution in [0.15, 0.2) is 91.3 Å². The Hall–Kier alpha value is -6.44. The lowest BCUT2D eigenvalue weighted by Gasteiger charge is -2.28. The van der Waals surface area contributed by atoms with E-state index in [0.29, 0.717) is 30.3 Å². The number of carbonyl (C=O) groups excluding carboxylic acids is 3. The van der Waals surface area contributed by atoms with E-state index in [9.17, 15) is 19.2 Å². The van der Waals surface area contributed by atoms with Gasteiger partial charge >= 0.3 is 12.2 Å². The molecule has 2 aromatic heterocycles. The smallest absolute Gasteiger partial charge is 0.407 e. The molecule has 0 radical (unpaired) electrons. The first-order valence-electron chi connectivity index (χ1n) is 17.9. The molecule has 2 aliphatic rings. The molecule has 0 bridgehead atoms. The van der Waals surface area contributed by atoms with Gasteiger partial charge in [-0.25, -0.2) is 19.6 Å². The number of likely N-dealkylation sites (tertiary alicyclic amines) is 2. The number of nitrogens with one attached hydrogen (secondary N) is 3. The maximum atomic E-state index is 13.8. The highest BCUT2D eigenvalue weighted by Gasteiger charge is 2.37. The van der Waals surface area contributed by atoms with E-state index in [-0.39, 0.29) is 30.4 Å². The average Bonchev–Trinajstić information content (AvgIpc) is 4.04. The lowest BCUT2D eigenvalue weighted by molar-refractivity contribution is -0.134. The predicted octanol–water partition coefficient (Wildman–Crippen LogP) is 6.17. The van der Waals surface area contributed by atoms with E-state index in [0.717, 1.165) is 64.2 Å². The van der Waals surface area contributed by atoms with Gasteiger partial charge < -0.3 is 39.8 Å². The molecular weight excluding hydrogens is 688 g/mol. The minimum atomic E-state index is -1.14. The Morgan fingerprint density at radius 3 is 1.81 bits per heavy atom. The van der Waals surface area contributed by atoms with Crippen molar-refractivity contribution < 1.29 is 29.0 Å². The number of aromatic nitrogens is 4. The van der Waals surface area contributed by atoms with Gasteiger partial charge in [0.15, 0.2) is 0 Å². The molecule has 54 heavy (non-hydrogen) atoms. The quantitative estimate of drug-likeness (QED) is 0.132. The number of aromatic amines is 2. The van der Waals surface area contributed by atoms with Crippen LogP contribution in [0.4, 0.5) is 9.59 Å². The standard InChI is InChI=1S/C40H42N8O6/c1-46(40(52)53)24-34(49)47-20-6-10-32(47)36-41-22-30(43-36)27-16-12-25(13-17-27)26-14-18-28(19-15-26)31-23-42-37(44-31)33-11-7-21-48(33)38(50)35(45-39(51)54-2)29-8-4-3-5-9-29/h3-5,8-9,12-19,22-23,32-33,35H,6-7,10-11,20-21,24H2,1-2H3,(H,41,43)(H,42,44)(H,45,51)(H,52,53)/t32-,33?,35-/m0/s1. The number of alkyl carbamates (subject to hydrolysis) is 1. The Bertz CT molecular complexity index is 2110. The van der Waals surface area contributed by atoms with E-state index in [2.05, 4.69) is 49.5 Å². The summed E-state index contributed by atoms with van der Waals surface area (Å²) in [6, 6.07) is 24.1. The van der Waals surface area contributed by atoms with Crippen molar-refractivity contribution in [1.29, 1.82) is 0 Å². The third-order valence-corrected chi connectivity index (χ3v) is 10.2. The maximum absolute atomic E-state index is 13.8. The van der Waals surface area contributed by atoms with Gasteiger partial charge in [0, 0.05) is 20.1 Å². The number of H-pyrrole nitrogens is 2. The number of methoxy groups -OCH3 is 1. The summed E-state index contributed by atoms with van der Waals surface area (Å²) in [6.45, 7) is 0.922. The summed E-state index contributed by atoms with van der Waals surface area (Å²) in [5.41, 5.74) is 6.34. The Labute approximate surface area is 312 Å². The number of nitrogens with zero attached hydrogens (tertiary/aromatic N) is 5. The number of rotatable bonds is 10. The molecule has 2 saturated heterocycles. The highest BCUT2D eigenvalue weighted by atomic mass is 16.5. The second-order valence-corrected chi connectivity index (χ2v) is 13.6. The number of likely N-dealkylation sites (N-methyl/N-ethyl adjacent to an activating group) is 1. The van der Waals surface area contributed by atoms with E-state index in [1.165, 1.54) is 14.2 Å². The molecule has 1 unspecified atom stereocenters. The number of benzene rings is 3. The van der Waals surface area contributed by atoms with Crippen LogP contribution in [0.3, 0.4) is 0 Å². The second-order valence-electron chi connectivity index (χ2n) is 13.6. The monoisotopic (exact) mass is 730 g/mol. The Morgan fingerprint density at radius 2 is 1.30 bits per heavy atom. The van der Waals surface area contributed by atoms with Gasteiger partial charge in [0.25, 0.3) is 5.91 Å². The van der Waals surface area contributed by atoms with Gasteiger partial charge in [-0.15, -0.1) is 0 Å². The molecule has 0 aliphatic carbocycles. The number of imidazole rings is 2. The topological polar surface area (TPSA) is 177 Å². The molecule has 0 spiro atoms. The fraction of sp³-hybridized carbons (Fsp3) is 0.300. The van der Waals surface area contributed by atoms with Crippen molar-refractivity contribution in [2.24, 2.45) is 0 Å². The maximum Gasteiger partial charge on any atom is 0.407 e. The molecule has 14 heteroatoms. The van der Waals surface area contributed by atoms with Crippen molar-refractivity contribution in [1.82, 2.24) is 40.0 Å². The molecular formula is C40H42N8O6. The second kappa shape index (κ2) is 15.7. The Morgan fingerprint density at radius 1 is 0.796 bits per heavy atom. The van der Waals surface area contributed by atoms with Gasteiger partial charge in [-0.05, 0) is 53.5 Å². The molecule has 3 atom stereocenters. The molecule has 4 amide bonds. The largest absolute Gasteiger partial charge is 0.465 e. The highest BCUT2D eigenvalue weighted by molar-refractivity contribution is 5.87. The number of carboxylic acid groups (broad SMARTS) is 1. The lowest BCUT2D eigenvalue weighted by Crippen LogP contribution is -2.42. The molecule has 278 valence electrons. The van der Waals surface area contributed by atoms with Crippen LogP contribution < -0.4 is 5.32 Å². The summed E-state index contributed by atoms with van der Waals surface area (Å²) < 4.78 is 4.81. The predicted molar refractivity (Wildman–Crippen MR) is 200 cm³/mol. The van der Waals surface area contributed by atoms with Crippen LogP contribution in [0, 0.1) is 0 Å². The first kappa shape index (κ1) is 35.9. The van der Waals surface area contributed by atoms with E-state index in [1.54, 1.807) is 22.2 Å². The zero-order valence-electron chi connectivity index (χ0n) is 30.1. The first-order valence-corrected chi connectivity index (χ1v) is 17.9. The summed E-state index contributed by atoms with van der Waals surface area (Å²) in [7, 11) is 2.66. The fourth-order valence-corrected chi connectivity index (χ4v) is 7.29. The molecule has 2 aliphatic heterocycles. The van der Waals surface area contributed by atoms with Crippen LogP contribution in [0.2, 0.25) is 0 Å². The van der Waals surface area contributed by atoms with Crippen molar-refractivity contribution in [3.8, 4) is 33.6 Å². The molecule has 5 aromatic rings. The van der Waals surface area contributed by atoms with Crippen molar-refractivity contribution in [2.45, 2.75) is 43.8 Å². The van der Waals surface area contributed by atoms with Crippen LogP contribution in [0.25, 0.3) is 33.6 Å². The number of ether oxygens (including phenoxy) is 1. The van der Waals surface area contributed by atoms with E-state index in [1.807, 2.05) is 54.6 Å². The van der Waals surface area contributed by atoms with E-state index in [4.69, 9.17) is 9.84 Å². The van der Waals surface area contributed by atoms with Gasteiger partial charge in [-0.3, -0.25) is 9.59 Å². The van der Waals surface area contributed by atoms with Crippen molar-refractivity contribution in [3.05, 3.63) is 108 Å². The SMILES string of the molecule is COC(=O)N[C@H](C(=O)N1CCCC1c1ncc(-c2ccc(-c3ccc(-c4cnc([C@@H]5CCCN5C(=O)CN(C)C(=O)O)[nH]4)cc3)cc2)[nH]1)c1ccccc1. The summed E-state index contributed by atoms with van der Waals surface area (Å²) >= 11 is 0. The summed E-state index contributed by atoms with van der Waals surface area (Å²) in [4.78, 5) is 70.6. The van der Waals surface area contributed by atoms with Gasteiger partial charge in [-0.2, -0.15) is 0 Å². The van der Waals surface area contributed by atoms with Crippen LogP contribution in [0.1, 0.15) is 61.0 Å². The van der Waals surface area contributed by atoms with Crippen molar-refractivity contribution in [2.75, 3.05) is 33.8 Å². The van der Waals surface area contributed by atoms with Gasteiger partial charge in [0.1, 0.15) is 24.2 Å². The van der Waals surface area contributed by atoms with Crippen LogP contribution in [0.5, 0.6) is 0 Å². The molecule has 4 N–H and O–H groups in total. The number of amides is 4. The third kappa shape index (κ3) is 7.54. The van der Waals surface area contributed by atoms with Gasteiger partial charge in [0.05, 0.1) is 43.0 Å². The number of hydrogen-bond acceptors (Lipinski definition) is 7. The van der Waals surface area contributed by atoms with Gasteiger partial charge in [0.2, 0.25) is 5.91 Å². The molecule has 4 heterocycles. The normalized spacial score (nSPS) is 17.3. The highest BCUT2D eigenvalue weighted by Crippen LogP contribution is 2.35. The van der Waals surface area contributed by atoms with E-state index >= 15 is 0 Å². The zero-order valence-corrected chi connectivity index (χ0v) is 30.1. The lowest BCUT2D eigenvalue weighted by atomic mass is 10.0. The van der Waals surface area contributed by atoms with Crippen LogP contribution >= 0.6 is 0 Å². The average molecular weight is 731 g/mol.